The molecule has 3 atom stereocenters. The fraction of sp³-hybridized carbons (Fsp3) is 0.194. The Kier molecular flexibility index (Phi) is 5.91. The van der Waals surface area contributed by atoms with Crippen LogP contribution in [0.5, 0.6) is 11.5 Å². The van der Waals surface area contributed by atoms with Gasteiger partial charge in [-0.25, -0.2) is 0 Å². The second kappa shape index (κ2) is 9.55. The number of hydrogen-bond acceptors (Lipinski definition) is 6. The van der Waals surface area contributed by atoms with Gasteiger partial charge in [0.1, 0.15) is 23.0 Å². The second-order valence-corrected chi connectivity index (χ2v) is 11.1. The number of benzene rings is 4. The lowest BCUT2D eigenvalue weighted by Gasteiger charge is -2.37. The zero-order valence-electron chi connectivity index (χ0n) is 23.5. The minimum absolute atomic E-state index is 0.174. The molecule has 0 bridgehead atoms. The standard InChI is InChI=1S/C36H29NO5/c1-21-13-14-22-15-18-30-36(34(39)25-11-7-8-12-26(25)35(36)40)31(27-20-24(41-2)16-17-29(27)42-3)32(37(30)28(22)19-21)33(38)23-9-5-4-6-10-23/h4-20,30-32H,1-3H3/t30-,31+,32+/m0/s1. The Balaban J connectivity index is 1.59. The molecule has 7 rings (SSSR count). The number of hydrogen-bond donors (Lipinski definition) is 0. The number of fused-ring (bicyclic) bond motifs is 5. The van der Waals surface area contributed by atoms with Crippen molar-refractivity contribution in [2.75, 3.05) is 19.1 Å². The number of Topliss-reactive ketones (excluding diaryl/α,β-unsaturated/α-hetero) is 3. The van der Waals surface area contributed by atoms with Crippen LogP contribution in [0, 0.1) is 12.3 Å². The Morgan fingerprint density at radius 1 is 0.810 bits per heavy atom. The van der Waals surface area contributed by atoms with Gasteiger partial charge < -0.3 is 14.4 Å². The molecule has 208 valence electrons. The van der Waals surface area contributed by atoms with Gasteiger partial charge in [0, 0.05) is 33.9 Å². The molecule has 4 aromatic carbocycles. The summed E-state index contributed by atoms with van der Waals surface area (Å²) in [5.74, 6) is -0.598. The highest BCUT2D eigenvalue weighted by Crippen LogP contribution is 2.62. The fourth-order valence-electron chi connectivity index (χ4n) is 7.27. The zero-order valence-corrected chi connectivity index (χ0v) is 23.5. The van der Waals surface area contributed by atoms with Crippen LogP contribution in [0.25, 0.3) is 6.08 Å². The molecule has 2 heterocycles. The second-order valence-electron chi connectivity index (χ2n) is 11.1. The molecule has 1 fully saturated rings. The van der Waals surface area contributed by atoms with Crippen molar-refractivity contribution in [2.24, 2.45) is 5.41 Å². The van der Waals surface area contributed by atoms with Crippen molar-refractivity contribution in [3.05, 3.63) is 130 Å². The molecular weight excluding hydrogens is 526 g/mol. The number of ether oxygens (including phenoxy) is 2. The van der Waals surface area contributed by atoms with Gasteiger partial charge in [-0.3, -0.25) is 14.4 Å². The van der Waals surface area contributed by atoms with Gasteiger partial charge in [-0.1, -0.05) is 78.9 Å². The predicted octanol–water partition coefficient (Wildman–Crippen LogP) is 6.33. The Labute approximate surface area is 244 Å². The van der Waals surface area contributed by atoms with Crippen LogP contribution in [0.3, 0.4) is 0 Å². The normalized spacial score (nSPS) is 21.2. The Morgan fingerprint density at radius 3 is 2.17 bits per heavy atom. The van der Waals surface area contributed by atoms with E-state index in [0.717, 1.165) is 16.8 Å². The van der Waals surface area contributed by atoms with Crippen LogP contribution < -0.4 is 14.4 Å². The molecule has 1 saturated heterocycles. The molecule has 0 saturated carbocycles. The maximum absolute atomic E-state index is 14.8. The van der Waals surface area contributed by atoms with Crippen molar-refractivity contribution < 1.29 is 23.9 Å². The summed E-state index contributed by atoms with van der Waals surface area (Å²) < 4.78 is 11.5. The van der Waals surface area contributed by atoms with E-state index < -0.39 is 23.4 Å². The van der Waals surface area contributed by atoms with Gasteiger partial charge >= 0.3 is 0 Å². The van der Waals surface area contributed by atoms with E-state index in [0.29, 0.717) is 33.8 Å². The molecule has 0 radical (unpaired) electrons. The molecular formula is C36H29NO5. The lowest BCUT2D eigenvalue weighted by molar-refractivity contribution is 0.0664. The minimum Gasteiger partial charge on any atom is -0.497 e. The molecule has 3 aliphatic rings. The van der Waals surface area contributed by atoms with Crippen molar-refractivity contribution >= 4 is 29.1 Å². The average molecular weight is 556 g/mol. The molecule has 0 aromatic heterocycles. The van der Waals surface area contributed by atoms with E-state index in [1.165, 1.54) is 0 Å². The van der Waals surface area contributed by atoms with Gasteiger partial charge in [-0.2, -0.15) is 0 Å². The minimum atomic E-state index is -1.61. The van der Waals surface area contributed by atoms with Crippen molar-refractivity contribution in [1.82, 2.24) is 0 Å². The van der Waals surface area contributed by atoms with Crippen molar-refractivity contribution in [3.8, 4) is 11.5 Å². The molecule has 6 nitrogen and oxygen atoms in total. The lowest BCUT2D eigenvalue weighted by Crippen LogP contribution is -2.48. The van der Waals surface area contributed by atoms with Crippen molar-refractivity contribution in [3.63, 3.8) is 0 Å². The summed E-state index contributed by atoms with van der Waals surface area (Å²) in [6.07, 6.45) is 3.90. The molecule has 1 aliphatic carbocycles. The first kappa shape index (κ1) is 26.0. The quantitative estimate of drug-likeness (QED) is 0.212. The molecule has 42 heavy (non-hydrogen) atoms. The largest absolute Gasteiger partial charge is 0.497 e. The van der Waals surface area contributed by atoms with E-state index in [1.54, 1.807) is 68.8 Å². The predicted molar refractivity (Wildman–Crippen MR) is 161 cm³/mol. The summed E-state index contributed by atoms with van der Waals surface area (Å²) in [6.45, 7) is 2.00. The number of ketones is 3. The summed E-state index contributed by atoms with van der Waals surface area (Å²) in [5.41, 5.74) is 2.98. The van der Waals surface area contributed by atoms with E-state index in [1.807, 2.05) is 60.4 Å². The summed E-state index contributed by atoms with van der Waals surface area (Å²) in [7, 11) is 3.12. The van der Waals surface area contributed by atoms with Crippen molar-refractivity contribution in [2.45, 2.75) is 24.9 Å². The van der Waals surface area contributed by atoms with Crippen molar-refractivity contribution in [1.29, 1.82) is 0 Å². The highest BCUT2D eigenvalue weighted by atomic mass is 16.5. The first-order chi connectivity index (χ1) is 20.4. The topological polar surface area (TPSA) is 72.9 Å². The van der Waals surface area contributed by atoms with E-state index >= 15 is 0 Å². The average Bonchev–Trinajstić information content (AvgIpc) is 3.46. The highest BCUT2D eigenvalue weighted by Gasteiger charge is 2.72. The SMILES string of the molecule is COc1ccc(OC)c([C@@H]2[C@H](C(=O)c3ccccc3)N3c4cc(C)ccc4C=C[C@H]3C23C(=O)c2ccccc2C3=O)c1. The number of carbonyl (C=O) groups is 3. The monoisotopic (exact) mass is 555 g/mol. The molecule has 0 N–H and O–H groups in total. The number of anilines is 1. The smallest absolute Gasteiger partial charge is 0.185 e. The number of methoxy groups -OCH3 is 2. The first-order valence-electron chi connectivity index (χ1n) is 14.0. The third-order valence-electron chi connectivity index (χ3n) is 9.06. The van der Waals surface area contributed by atoms with E-state index in [9.17, 15) is 14.4 Å². The summed E-state index contributed by atoms with van der Waals surface area (Å²) >= 11 is 0. The third kappa shape index (κ3) is 3.41. The maximum atomic E-state index is 14.8. The number of aryl methyl sites for hydroxylation is 1. The Bertz CT molecular complexity index is 1770. The van der Waals surface area contributed by atoms with E-state index in [-0.39, 0.29) is 17.3 Å². The maximum Gasteiger partial charge on any atom is 0.185 e. The highest BCUT2D eigenvalue weighted by molar-refractivity contribution is 6.32. The third-order valence-corrected chi connectivity index (χ3v) is 9.06. The van der Waals surface area contributed by atoms with Crippen LogP contribution in [-0.4, -0.2) is 43.7 Å². The lowest BCUT2D eigenvalue weighted by atomic mass is 9.64. The van der Waals surface area contributed by atoms with Crippen LogP contribution in [0.1, 0.15) is 53.7 Å². The van der Waals surface area contributed by atoms with Gasteiger partial charge in [-0.15, -0.1) is 0 Å². The summed E-state index contributed by atoms with van der Waals surface area (Å²) in [6, 6.07) is 25.9. The number of rotatable bonds is 5. The van der Waals surface area contributed by atoms with Crippen LogP contribution >= 0.6 is 0 Å². The van der Waals surface area contributed by atoms with Crippen LogP contribution in [0.15, 0.2) is 97.1 Å². The summed E-state index contributed by atoms with van der Waals surface area (Å²) in [5, 5.41) is 0. The van der Waals surface area contributed by atoms with Gasteiger partial charge in [0.2, 0.25) is 0 Å². The molecule has 6 heteroatoms. The van der Waals surface area contributed by atoms with Gasteiger partial charge in [0.05, 0.1) is 20.3 Å². The van der Waals surface area contributed by atoms with Gasteiger partial charge in [0.25, 0.3) is 0 Å². The molecule has 2 aliphatic heterocycles. The first-order valence-corrected chi connectivity index (χ1v) is 14.0. The van der Waals surface area contributed by atoms with Crippen LogP contribution in [0.2, 0.25) is 0 Å². The Hall–Kier alpha value is -4.97. The summed E-state index contributed by atoms with van der Waals surface area (Å²) in [4.78, 5) is 46.5. The van der Waals surface area contributed by atoms with Gasteiger partial charge in [0.15, 0.2) is 17.3 Å². The van der Waals surface area contributed by atoms with Crippen LogP contribution in [-0.2, 0) is 0 Å². The number of nitrogens with zero attached hydrogens (tertiary/aromatic N) is 1. The molecule has 4 aromatic rings. The van der Waals surface area contributed by atoms with Gasteiger partial charge in [-0.05, 0) is 42.3 Å². The number of carbonyl (C=O) groups excluding carboxylic acids is 3. The molecule has 0 unspecified atom stereocenters. The van der Waals surface area contributed by atoms with E-state index in [4.69, 9.17) is 9.47 Å². The zero-order chi connectivity index (χ0) is 29.2. The molecule has 0 amide bonds. The van der Waals surface area contributed by atoms with Crippen LogP contribution in [0.4, 0.5) is 5.69 Å². The fourth-order valence-corrected chi connectivity index (χ4v) is 7.27. The molecule has 1 spiro atoms. The van der Waals surface area contributed by atoms with E-state index in [2.05, 4.69) is 0 Å². The Morgan fingerprint density at radius 2 is 1.50 bits per heavy atom.